The number of nitro benzene ring substituents is 1. The lowest BCUT2D eigenvalue weighted by molar-refractivity contribution is -0.384. The highest BCUT2D eigenvalue weighted by atomic mass is 16.6. The Hall–Kier alpha value is -3.69. The maximum Gasteiger partial charge on any atom is 0.374 e. The monoisotopic (exact) mass is 389 g/mol. The summed E-state index contributed by atoms with van der Waals surface area (Å²) in [5.74, 6) is -1.64. The zero-order valence-corrected chi connectivity index (χ0v) is 15.3. The summed E-state index contributed by atoms with van der Waals surface area (Å²) < 4.78 is 10.2. The molecular weight excluding hydrogens is 370 g/mol. The average Bonchev–Trinajstić information content (AvgIpc) is 3.16. The van der Waals surface area contributed by atoms with Gasteiger partial charge < -0.3 is 19.8 Å². The third-order valence-corrected chi connectivity index (χ3v) is 3.63. The van der Waals surface area contributed by atoms with Gasteiger partial charge in [0.1, 0.15) is 11.8 Å². The Balaban J connectivity index is 1.91. The van der Waals surface area contributed by atoms with Gasteiger partial charge in [-0.05, 0) is 38.1 Å². The molecule has 10 heteroatoms. The molecule has 10 nitrogen and oxygen atoms in total. The number of hydrogen-bond acceptors (Lipinski definition) is 7. The minimum atomic E-state index is -0.853. The molecule has 1 aromatic carbocycles. The number of non-ortho nitro benzene ring substituents is 1. The number of nitrogens with one attached hydrogen (secondary N) is 2. The van der Waals surface area contributed by atoms with Crippen molar-refractivity contribution < 1.29 is 28.5 Å². The Morgan fingerprint density at radius 1 is 1.18 bits per heavy atom. The molecule has 0 aliphatic carbocycles. The molecule has 1 heterocycles. The van der Waals surface area contributed by atoms with E-state index in [0.29, 0.717) is 17.9 Å². The van der Waals surface area contributed by atoms with Crippen LogP contribution in [-0.2, 0) is 14.3 Å². The van der Waals surface area contributed by atoms with E-state index in [2.05, 4.69) is 10.6 Å². The molecule has 1 atom stereocenters. The lowest BCUT2D eigenvalue weighted by Gasteiger charge is -2.13. The molecule has 0 fully saturated rings. The lowest BCUT2D eigenvalue weighted by Crippen LogP contribution is -2.46. The summed E-state index contributed by atoms with van der Waals surface area (Å²) in [5.41, 5.74) is 0.473. The van der Waals surface area contributed by atoms with E-state index in [1.807, 2.05) is 0 Å². The summed E-state index contributed by atoms with van der Waals surface area (Å²) in [7, 11) is 0. The average molecular weight is 389 g/mol. The maximum atomic E-state index is 12.0. The fourth-order valence-electron chi connectivity index (χ4n) is 2.23. The Morgan fingerprint density at radius 3 is 2.46 bits per heavy atom. The van der Waals surface area contributed by atoms with Crippen LogP contribution in [0, 0.1) is 10.1 Å². The predicted octanol–water partition coefficient (Wildman–Crippen LogP) is 1.65. The van der Waals surface area contributed by atoms with Crippen LogP contribution in [0.25, 0.3) is 11.3 Å². The number of hydrogen-bond donors (Lipinski definition) is 2. The van der Waals surface area contributed by atoms with Gasteiger partial charge in [-0.15, -0.1) is 0 Å². The van der Waals surface area contributed by atoms with Gasteiger partial charge in [0.15, 0.2) is 6.61 Å². The highest BCUT2D eigenvalue weighted by Gasteiger charge is 2.18. The van der Waals surface area contributed by atoms with Gasteiger partial charge in [-0.1, -0.05) is 0 Å². The van der Waals surface area contributed by atoms with Crippen LogP contribution in [0.3, 0.4) is 0 Å². The molecule has 0 spiro atoms. The number of carbonyl (C=O) groups is 3. The second kappa shape index (κ2) is 9.31. The minimum absolute atomic E-state index is 0.0669. The number of amides is 2. The van der Waals surface area contributed by atoms with Crippen molar-refractivity contribution in [2.45, 2.75) is 19.9 Å². The first-order chi connectivity index (χ1) is 13.3. The lowest BCUT2D eigenvalue weighted by atomic mass is 10.1. The number of likely N-dealkylation sites (N-methyl/N-ethyl adjacent to an activating group) is 1. The van der Waals surface area contributed by atoms with Crippen molar-refractivity contribution in [3.63, 3.8) is 0 Å². The van der Waals surface area contributed by atoms with Gasteiger partial charge in [-0.3, -0.25) is 19.7 Å². The summed E-state index contributed by atoms with van der Waals surface area (Å²) in [5, 5.41) is 15.6. The second-order valence-corrected chi connectivity index (χ2v) is 5.73. The van der Waals surface area contributed by atoms with Gasteiger partial charge in [0.2, 0.25) is 11.7 Å². The zero-order chi connectivity index (χ0) is 20.7. The standard InChI is InChI=1S/C18H19N3O7/c1-3-19-17(23)11(2)20-16(22)10-27-18(24)15-9-8-14(28-15)12-4-6-13(7-5-12)21(25)26/h4-9,11H,3,10H2,1-2H3,(H,19,23)(H,20,22)/t11-/m0/s1. The molecule has 0 radical (unpaired) electrons. The molecule has 0 saturated carbocycles. The normalized spacial score (nSPS) is 11.4. The second-order valence-electron chi connectivity index (χ2n) is 5.73. The van der Waals surface area contributed by atoms with Crippen molar-refractivity contribution in [2.75, 3.05) is 13.2 Å². The molecule has 0 unspecified atom stereocenters. The Labute approximate surface area is 160 Å². The van der Waals surface area contributed by atoms with Crippen LogP contribution in [-0.4, -0.2) is 41.9 Å². The highest BCUT2D eigenvalue weighted by molar-refractivity contribution is 5.91. The summed E-state index contributed by atoms with van der Waals surface area (Å²) in [6, 6.07) is 7.73. The van der Waals surface area contributed by atoms with E-state index in [1.165, 1.54) is 43.3 Å². The third-order valence-electron chi connectivity index (χ3n) is 3.63. The molecule has 2 rings (SSSR count). The Bertz CT molecular complexity index is 874. The fraction of sp³-hybridized carbons (Fsp3) is 0.278. The topological polar surface area (TPSA) is 141 Å². The van der Waals surface area contributed by atoms with E-state index in [0.717, 1.165) is 0 Å². The molecule has 0 aliphatic heterocycles. The van der Waals surface area contributed by atoms with E-state index in [9.17, 15) is 24.5 Å². The van der Waals surface area contributed by atoms with Gasteiger partial charge in [0.25, 0.3) is 11.6 Å². The summed E-state index contributed by atoms with van der Waals surface area (Å²) in [6.07, 6.45) is 0. The molecule has 0 bridgehead atoms. The molecule has 2 amide bonds. The van der Waals surface area contributed by atoms with E-state index in [1.54, 1.807) is 6.92 Å². The number of nitro groups is 1. The summed E-state index contributed by atoms with van der Waals surface area (Å²) in [4.78, 5) is 45.5. The summed E-state index contributed by atoms with van der Waals surface area (Å²) >= 11 is 0. The number of carbonyl (C=O) groups excluding carboxylic acids is 3. The van der Waals surface area contributed by atoms with Crippen LogP contribution in [0.2, 0.25) is 0 Å². The molecular formula is C18H19N3O7. The Kier molecular flexibility index (Phi) is 6.85. The maximum absolute atomic E-state index is 12.0. The Morgan fingerprint density at radius 2 is 1.86 bits per heavy atom. The van der Waals surface area contributed by atoms with Gasteiger partial charge in [-0.2, -0.15) is 0 Å². The first-order valence-electron chi connectivity index (χ1n) is 8.40. The van der Waals surface area contributed by atoms with Crippen molar-refractivity contribution in [3.05, 3.63) is 52.3 Å². The van der Waals surface area contributed by atoms with Crippen molar-refractivity contribution in [1.82, 2.24) is 10.6 Å². The zero-order valence-electron chi connectivity index (χ0n) is 15.3. The van der Waals surface area contributed by atoms with Crippen LogP contribution < -0.4 is 10.6 Å². The van der Waals surface area contributed by atoms with Crippen molar-refractivity contribution in [2.24, 2.45) is 0 Å². The SMILES string of the molecule is CCNC(=O)[C@H](C)NC(=O)COC(=O)c1ccc(-c2ccc([N+](=O)[O-])cc2)o1. The molecule has 2 aromatic rings. The van der Waals surface area contributed by atoms with Crippen LogP contribution in [0.15, 0.2) is 40.8 Å². The van der Waals surface area contributed by atoms with Crippen molar-refractivity contribution >= 4 is 23.5 Å². The van der Waals surface area contributed by atoms with Gasteiger partial charge >= 0.3 is 5.97 Å². The number of esters is 1. The third kappa shape index (κ3) is 5.40. The van der Waals surface area contributed by atoms with E-state index in [-0.39, 0.29) is 17.4 Å². The number of ether oxygens (including phenoxy) is 1. The molecule has 148 valence electrons. The first kappa shape index (κ1) is 20.6. The molecule has 1 aromatic heterocycles. The van der Waals surface area contributed by atoms with Crippen molar-refractivity contribution in [3.8, 4) is 11.3 Å². The fourth-order valence-corrected chi connectivity index (χ4v) is 2.23. The number of furan rings is 1. The largest absolute Gasteiger partial charge is 0.450 e. The van der Waals surface area contributed by atoms with Crippen LogP contribution in [0.5, 0.6) is 0 Å². The van der Waals surface area contributed by atoms with Gasteiger partial charge in [0, 0.05) is 24.2 Å². The molecule has 2 N–H and O–H groups in total. The molecule has 0 saturated heterocycles. The summed E-state index contributed by atoms with van der Waals surface area (Å²) in [6.45, 7) is 3.12. The van der Waals surface area contributed by atoms with Crippen LogP contribution in [0.4, 0.5) is 5.69 Å². The number of rotatable bonds is 8. The smallest absolute Gasteiger partial charge is 0.374 e. The quantitative estimate of drug-likeness (QED) is 0.397. The predicted molar refractivity (Wildman–Crippen MR) is 97.4 cm³/mol. The van der Waals surface area contributed by atoms with Crippen LogP contribution >= 0.6 is 0 Å². The number of nitrogens with zero attached hydrogens (tertiary/aromatic N) is 1. The highest BCUT2D eigenvalue weighted by Crippen LogP contribution is 2.24. The van der Waals surface area contributed by atoms with Gasteiger partial charge in [-0.25, -0.2) is 4.79 Å². The molecule has 0 aliphatic rings. The van der Waals surface area contributed by atoms with Crippen molar-refractivity contribution in [1.29, 1.82) is 0 Å². The van der Waals surface area contributed by atoms with E-state index < -0.39 is 29.4 Å². The molecule has 28 heavy (non-hydrogen) atoms. The van der Waals surface area contributed by atoms with E-state index in [4.69, 9.17) is 9.15 Å². The van der Waals surface area contributed by atoms with Gasteiger partial charge in [0.05, 0.1) is 4.92 Å². The first-order valence-corrected chi connectivity index (χ1v) is 8.40. The minimum Gasteiger partial charge on any atom is -0.450 e. The number of benzene rings is 1. The van der Waals surface area contributed by atoms with Crippen LogP contribution in [0.1, 0.15) is 24.4 Å². The van der Waals surface area contributed by atoms with E-state index >= 15 is 0 Å².